The van der Waals surface area contributed by atoms with Crippen LogP contribution >= 0.6 is 11.6 Å². The number of aliphatic carboxylic acids is 1. The van der Waals surface area contributed by atoms with Crippen molar-refractivity contribution >= 4 is 41.0 Å². The van der Waals surface area contributed by atoms with Gasteiger partial charge in [-0.05, 0) is 68.4 Å². The molecule has 0 radical (unpaired) electrons. The number of rotatable bonds is 13. The Balaban J connectivity index is 1.41. The minimum atomic E-state index is -1.98. The van der Waals surface area contributed by atoms with Crippen LogP contribution in [0.4, 0.5) is 0 Å². The van der Waals surface area contributed by atoms with Crippen LogP contribution in [-0.4, -0.2) is 85.4 Å². The molecule has 0 aromatic heterocycles. The Kier molecular flexibility index (Phi) is 10.2. The standard InChI is InChI=1S/C32H43ClN2O11/c1-18-13-22-21-9-8-19-14-20(36)10-11-29(19,2)31(21,33)24(37)16-30(22,3)32(18,43)25(38)17-46-27(40)15-23(28(41)42)34-26(39)7-5-4-6-12-35(44)45/h10-11,14,18,21-24,37,43H,4-9,12-13,15-17H2,1-3H3,(H,34,39)(H,41,42)/t18-,21?,22?,23?,24-,29-,30-,31-,32-/m0/s1. The average molecular weight is 667 g/mol. The third-order valence-electron chi connectivity index (χ3n) is 11.3. The Morgan fingerprint density at radius 3 is 2.54 bits per heavy atom. The molecular weight excluding hydrogens is 624 g/mol. The summed E-state index contributed by atoms with van der Waals surface area (Å²) in [4.78, 5) is 71.1. The smallest absolute Gasteiger partial charge is 0.326 e. The molecule has 0 aliphatic heterocycles. The van der Waals surface area contributed by atoms with Gasteiger partial charge in [0.05, 0.1) is 17.4 Å². The molecule has 46 heavy (non-hydrogen) atoms. The number of esters is 1. The predicted molar refractivity (Wildman–Crippen MR) is 163 cm³/mol. The quantitative estimate of drug-likeness (QED) is 0.0737. The average Bonchev–Trinajstić information content (AvgIpc) is 3.17. The zero-order valence-corrected chi connectivity index (χ0v) is 27.1. The SMILES string of the molecule is C[C@H]1CC2C3CCC4=CC(=O)C=C[C@]4(C)[C@@]3(Cl)[C@@H](O)C[C@]2(C)[C@@]1(O)C(=O)COC(=O)CC(NC(=O)CCCCC[N+](=O)[O-])C(=O)O. The summed E-state index contributed by atoms with van der Waals surface area (Å²) in [5.74, 6) is -5.26. The van der Waals surface area contributed by atoms with Gasteiger partial charge in [-0.2, -0.15) is 0 Å². The number of ether oxygens (including phenoxy) is 1. The summed E-state index contributed by atoms with van der Waals surface area (Å²) < 4.78 is 5.14. The second-order valence-electron chi connectivity index (χ2n) is 13.8. The lowest BCUT2D eigenvalue weighted by molar-refractivity contribution is -0.480. The predicted octanol–water partition coefficient (Wildman–Crippen LogP) is 2.51. The molecule has 0 spiro atoms. The first-order valence-corrected chi connectivity index (χ1v) is 16.2. The van der Waals surface area contributed by atoms with Gasteiger partial charge >= 0.3 is 11.9 Å². The Morgan fingerprint density at radius 2 is 1.89 bits per heavy atom. The molecule has 3 unspecified atom stereocenters. The molecule has 9 atom stereocenters. The van der Waals surface area contributed by atoms with Crippen molar-refractivity contribution in [2.45, 2.75) is 101 Å². The fourth-order valence-electron chi connectivity index (χ4n) is 8.79. The van der Waals surface area contributed by atoms with Crippen molar-refractivity contribution in [3.8, 4) is 0 Å². The van der Waals surface area contributed by atoms with Crippen molar-refractivity contribution < 1.29 is 49.0 Å². The maximum atomic E-state index is 13.7. The minimum Gasteiger partial charge on any atom is -0.480 e. The van der Waals surface area contributed by atoms with Crippen molar-refractivity contribution in [1.82, 2.24) is 5.32 Å². The van der Waals surface area contributed by atoms with Gasteiger partial charge in [0.2, 0.25) is 18.2 Å². The third-order valence-corrected chi connectivity index (χ3v) is 12.2. The van der Waals surface area contributed by atoms with Gasteiger partial charge in [0.15, 0.2) is 12.4 Å². The number of ketones is 2. The summed E-state index contributed by atoms with van der Waals surface area (Å²) in [6.07, 6.45) is 5.33. The number of aliphatic hydroxyl groups excluding tert-OH is 1. The van der Waals surface area contributed by atoms with E-state index in [1.807, 2.05) is 6.92 Å². The van der Waals surface area contributed by atoms with Crippen LogP contribution in [0.2, 0.25) is 0 Å². The maximum Gasteiger partial charge on any atom is 0.326 e. The van der Waals surface area contributed by atoms with E-state index in [9.17, 15) is 49.4 Å². The number of carboxylic acid groups (broad SMARTS) is 1. The van der Waals surface area contributed by atoms with Crippen LogP contribution in [0.3, 0.4) is 0 Å². The van der Waals surface area contributed by atoms with Crippen LogP contribution < -0.4 is 5.32 Å². The number of halogens is 1. The summed E-state index contributed by atoms with van der Waals surface area (Å²) in [5.41, 5.74) is -3.06. The number of aliphatic hydroxyl groups is 2. The number of hydrogen-bond donors (Lipinski definition) is 4. The van der Waals surface area contributed by atoms with Crippen molar-refractivity contribution in [2.24, 2.45) is 28.6 Å². The summed E-state index contributed by atoms with van der Waals surface area (Å²) in [5, 5.41) is 45.9. The molecule has 4 aliphatic carbocycles. The molecule has 0 aromatic rings. The summed E-state index contributed by atoms with van der Waals surface area (Å²) in [6.45, 7) is 4.33. The highest BCUT2D eigenvalue weighted by atomic mass is 35.5. The molecule has 0 bridgehead atoms. The van der Waals surface area contributed by atoms with E-state index >= 15 is 0 Å². The van der Waals surface area contributed by atoms with Gasteiger partial charge in [0.25, 0.3) is 0 Å². The highest BCUT2D eigenvalue weighted by molar-refractivity contribution is 6.26. The van der Waals surface area contributed by atoms with Crippen LogP contribution in [0, 0.1) is 38.7 Å². The van der Waals surface area contributed by atoms with E-state index in [-0.39, 0.29) is 43.4 Å². The van der Waals surface area contributed by atoms with E-state index in [1.54, 1.807) is 26.0 Å². The van der Waals surface area contributed by atoms with Gasteiger partial charge in [-0.25, -0.2) is 4.79 Å². The van der Waals surface area contributed by atoms with E-state index < -0.39 is 80.9 Å². The van der Waals surface area contributed by atoms with Gasteiger partial charge in [-0.3, -0.25) is 29.3 Å². The number of alkyl halides is 1. The number of nitrogens with one attached hydrogen (secondary N) is 1. The molecule has 0 saturated heterocycles. The number of carbonyl (C=O) groups is 5. The van der Waals surface area contributed by atoms with Crippen LogP contribution in [0.5, 0.6) is 0 Å². The Bertz CT molecular complexity index is 1360. The van der Waals surface area contributed by atoms with E-state index in [0.29, 0.717) is 32.1 Å². The molecular formula is C32H43ClN2O11. The number of fused-ring (bicyclic) bond motifs is 5. The number of nitro groups is 1. The van der Waals surface area contributed by atoms with E-state index in [2.05, 4.69) is 5.32 Å². The van der Waals surface area contributed by atoms with E-state index in [1.165, 1.54) is 6.08 Å². The van der Waals surface area contributed by atoms with E-state index in [4.69, 9.17) is 16.3 Å². The lowest BCUT2D eigenvalue weighted by atomic mass is 9.45. The normalized spacial score (nSPS) is 36.8. The fourth-order valence-corrected chi connectivity index (χ4v) is 9.31. The second kappa shape index (κ2) is 13.2. The molecule has 14 heteroatoms. The number of Topliss-reactive ketones (excluding diaryl/α,β-unsaturated/α-hetero) is 1. The number of amides is 1. The summed E-state index contributed by atoms with van der Waals surface area (Å²) in [6, 6.07) is -1.62. The minimum absolute atomic E-state index is 0.0119. The Hall–Kier alpha value is -3.16. The van der Waals surface area contributed by atoms with Crippen LogP contribution in [0.15, 0.2) is 23.8 Å². The first-order valence-electron chi connectivity index (χ1n) is 15.8. The van der Waals surface area contributed by atoms with Crippen LogP contribution in [-0.2, 0) is 28.7 Å². The molecule has 3 fully saturated rings. The molecule has 13 nitrogen and oxygen atoms in total. The summed E-state index contributed by atoms with van der Waals surface area (Å²) in [7, 11) is 0. The number of hydrogen-bond acceptors (Lipinski definition) is 10. The molecule has 4 aliphatic rings. The highest BCUT2D eigenvalue weighted by Crippen LogP contribution is 2.71. The Morgan fingerprint density at radius 1 is 1.20 bits per heavy atom. The van der Waals surface area contributed by atoms with Crippen molar-refractivity contribution in [2.75, 3.05) is 13.2 Å². The molecule has 1 amide bonds. The zero-order chi connectivity index (χ0) is 34.2. The zero-order valence-electron chi connectivity index (χ0n) is 26.3. The van der Waals surface area contributed by atoms with Gasteiger partial charge < -0.3 is 25.4 Å². The number of carboxylic acids is 1. The Labute approximate surface area is 271 Å². The molecule has 0 aromatic carbocycles. The summed E-state index contributed by atoms with van der Waals surface area (Å²) >= 11 is 7.41. The van der Waals surface area contributed by atoms with Crippen LogP contribution in [0.1, 0.15) is 78.6 Å². The topological polar surface area (TPSA) is 210 Å². The second-order valence-corrected chi connectivity index (χ2v) is 14.4. The molecule has 0 heterocycles. The first kappa shape index (κ1) is 35.7. The largest absolute Gasteiger partial charge is 0.480 e. The van der Waals surface area contributed by atoms with Crippen molar-refractivity contribution in [3.05, 3.63) is 33.9 Å². The fraction of sp³-hybridized carbons (Fsp3) is 0.719. The molecule has 254 valence electrons. The first-order chi connectivity index (χ1) is 21.4. The molecule has 4 N–H and O–H groups in total. The highest BCUT2D eigenvalue weighted by Gasteiger charge is 2.74. The number of allylic oxidation sites excluding steroid dienone is 4. The molecule has 3 saturated carbocycles. The third kappa shape index (κ3) is 6.01. The number of nitrogens with zero attached hydrogens (tertiary/aromatic N) is 1. The lowest BCUT2D eigenvalue weighted by Crippen LogP contribution is -2.69. The van der Waals surface area contributed by atoms with Crippen molar-refractivity contribution in [1.29, 1.82) is 0 Å². The monoisotopic (exact) mass is 666 g/mol. The van der Waals surface area contributed by atoms with Gasteiger partial charge in [-0.1, -0.05) is 32.4 Å². The number of carbonyl (C=O) groups excluding carboxylic acids is 4. The number of unbranched alkanes of at least 4 members (excludes halogenated alkanes) is 2. The lowest BCUT2D eigenvalue weighted by Gasteiger charge is -2.63. The van der Waals surface area contributed by atoms with Crippen LogP contribution in [0.25, 0.3) is 0 Å². The van der Waals surface area contributed by atoms with Crippen molar-refractivity contribution in [3.63, 3.8) is 0 Å². The molecule has 4 rings (SSSR count). The van der Waals surface area contributed by atoms with E-state index in [0.717, 1.165) is 5.57 Å². The van der Waals surface area contributed by atoms with Gasteiger partial charge in [0, 0.05) is 28.6 Å². The maximum absolute atomic E-state index is 13.7. The van der Waals surface area contributed by atoms with Gasteiger partial charge in [0.1, 0.15) is 11.6 Å². The van der Waals surface area contributed by atoms with Gasteiger partial charge in [-0.15, -0.1) is 11.6 Å².